The van der Waals surface area contributed by atoms with E-state index in [1.165, 1.54) is 11.3 Å². The molecule has 0 aliphatic rings. The van der Waals surface area contributed by atoms with Gasteiger partial charge >= 0.3 is 5.97 Å². The summed E-state index contributed by atoms with van der Waals surface area (Å²) in [5.41, 5.74) is 1.63. The van der Waals surface area contributed by atoms with Crippen molar-refractivity contribution in [3.63, 3.8) is 0 Å². The number of thiazole rings is 1. The van der Waals surface area contributed by atoms with Gasteiger partial charge in [-0.25, -0.2) is 4.98 Å². The molecule has 0 aliphatic carbocycles. The van der Waals surface area contributed by atoms with Crippen molar-refractivity contribution < 1.29 is 9.53 Å². The predicted octanol–water partition coefficient (Wildman–Crippen LogP) is 1.39. The van der Waals surface area contributed by atoms with Crippen LogP contribution in [-0.2, 0) is 29.7 Å². The molecule has 10 heteroatoms. The minimum Gasteiger partial charge on any atom is -0.458 e. The molecule has 3 aromatic heterocycles. The van der Waals surface area contributed by atoms with Crippen molar-refractivity contribution in [2.24, 2.45) is 7.05 Å². The first-order valence-electron chi connectivity index (χ1n) is 8.02. The van der Waals surface area contributed by atoms with E-state index in [0.717, 1.165) is 15.3 Å². The molecule has 0 unspecified atom stereocenters. The Morgan fingerprint density at radius 3 is 2.96 bits per heavy atom. The second-order valence-corrected chi connectivity index (χ2v) is 6.63. The molecule has 0 atom stereocenters. The van der Waals surface area contributed by atoms with Crippen molar-refractivity contribution in [1.82, 2.24) is 29.8 Å². The standard InChI is InChI=1S/C17H14N6O3S/c1-22-7-11(6-18-22)16-19-12(10-27-16)9-26-15(24)8-23-17(25)13-4-2-3-5-14(13)20-21-23/h2-7,10H,8-9H2,1H3. The van der Waals surface area contributed by atoms with Crippen LogP contribution in [0.15, 0.2) is 46.8 Å². The van der Waals surface area contributed by atoms with E-state index in [4.69, 9.17) is 4.74 Å². The Labute approximate surface area is 156 Å². The van der Waals surface area contributed by atoms with Crippen LogP contribution in [-0.4, -0.2) is 35.7 Å². The van der Waals surface area contributed by atoms with Crippen LogP contribution >= 0.6 is 11.3 Å². The second kappa shape index (κ2) is 7.08. The number of aromatic nitrogens is 6. The van der Waals surface area contributed by atoms with Crippen molar-refractivity contribution in [3.05, 3.63) is 58.1 Å². The first-order valence-corrected chi connectivity index (χ1v) is 8.90. The van der Waals surface area contributed by atoms with Gasteiger partial charge in [0.1, 0.15) is 23.7 Å². The summed E-state index contributed by atoms with van der Waals surface area (Å²) in [6, 6.07) is 6.83. The van der Waals surface area contributed by atoms with Crippen molar-refractivity contribution in [1.29, 1.82) is 0 Å². The Bertz CT molecular complexity index is 1180. The molecule has 4 rings (SSSR count). The summed E-state index contributed by atoms with van der Waals surface area (Å²) in [6.45, 7) is -0.290. The lowest BCUT2D eigenvalue weighted by molar-refractivity contribution is -0.146. The second-order valence-electron chi connectivity index (χ2n) is 5.78. The minimum atomic E-state index is -0.586. The number of hydrogen-bond donors (Lipinski definition) is 0. The number of fused-ring (bicyclic) bond motifs is 1. The van der Waals surface area contributed by atoms with Gasteiger partial charge in [0.15, 0.2) is 0 Å². The number of esters is 1. The zero-order chi connectivity index (χ0) is 18.8. The molecule has 0 radical (unpaired) electrons. The predicted molar refractivity (Wildman–Crippen MR) is 97.9 cm³/mol. The maximum atomic E-state index is 12.3. The van der Waals surface area contributed by atoms with Gasteiger partial charge in [0, 0.05) is 24.2 Å². The summed E-state index contributed by atoms with van der Waals surface area (Å²) in [5, 5.41) is 14.8. The molecule has 136 valence electrons. The van der Waals surface area contributed by atoms with Gasteiger partial charge in [-0.05, 0) is 12.1 Å². The zero-order valence-electron chi connectivity index (χ0n) is 14.3. The van der Waals surface area contributed by atoms with Crippen molar-refractivity contribution in [2.45, 2.75) is 13.2 Å². The quantitative estimate of drug-likeness (QED) is 0.480. The molecule has 1 aromatic carbocycles. The summed E-state index contributed by atoms with van der Waals surface area (Å²) >= 11 is 1.44. The van der Waals surface area contributed by atoms with Crippen molar-refractivity contribution in [3.8, 4) is 10.6 Å². The van der Waals surface area contributed by atoms with Crippen molar-refractivity contribution in [2.75, 3.05) is 0 Å². The number of hydrogen-bond acceptors (Lipinski definition) is 8. The van der Waals surface area contributed by atoms with E-state index in [-0.39, 0.29) is 18.7 Å². The monoisotopic (exact) mass is 382 g/mol. The Balaban J connectivity index is 1.41. The van der Waals surface area contributed by atoms with Gasteiger partial charge in [-0.3, -0.25) is 14.3 Å². The van der Waals surface area contributed by atoms with Gasteiger partial charge in [0.05, 0.1) is 17.3 Å². The molecule has 0 amide bonds. The molecule has 0 saturated carbocycles. The first kappa shape index (κ1) is 17.0. The van der Waals surface area contributed by atoms with Crippen molar-refractivity contribution >= 4 is 28.2 Å². The lowest BCUT2D eigenvalue weighted by Gasteiger charge is -2.05. The maximum absolute atomic E-state index is 12.3. The summed E-state index contributed by atoms with van der Waals surface area (Å²) in [6.07, 6.45) is 3.58. The molecule has 4 aromatic rings. The van der Waals surface area contributed by atoms with E-state index in [2.05, 4.69) is 20.4 Å². The molecule has 0 spiro atoms. The van der Waals surface area contributed by atoms with Crippen LogP contribution < -0.4 is 5.56 Å². The Morgan fingerprint density at radius 1 is 1.30 bits per heavy atom. The van der Waals surface area contributed by atoms with Gasteiger partial charge in [-0.2, -0.15) is 9.78 Å². The average molecular weight is 382 g/mol. The fraction of sp³-hybridized carbons (Fsp3) is 0.176. The van der Waals surface area contributed by atoms with E-state index in [9.17, 15) is 9.59 Å². The molecule has 0 aliphatic heterocycles. The van der Waals surface area contributed by atoms with Crippen LogP contribution in [0.25, 0.3) is 21.5 Å². The topological polar surface area (TPSA) is 105 Å². The Hall–Kier alpha value is -3.40. The summed E-state index contributed by atoms with van der Waals surface area (Å²) in [4.78, 5) is 28.8. The van der Waals surface area contributed by atoms with Crippen LogP contribution in [0.4, 0.5) is 0 Å². The highest BCUT2D eigenvalue weighted by molar-refractivity contribution is 7.13. The maximum Gasteiger partial charge on any atom is 0.328 e. The number of nitrogens with zero attached hydrogens (tertiary/aromatic N) is 6. The largest absolute Gasteiger partial charge is 0.458 e. The molecule has 9 nitrogen and oxygen atoms in total. The van der Waals surface area contributed by atoms with Gasteiger partial charge in [0.2, 0.25) is 0 Å². The number of rotatable bonds is 5. The molecule has 27 heavy (non-hydrogen) atoms. The number of ether oxygens (including phenoxy) is 1. The normalized spacial score (nSPS) is 11.0. The van der Waals surface area contributed by atoms with E-state index in [1.807, 2.05) is 18.6 Å². The molecule has 0 bridgehead atoms. The fourth-order valence-corrected chi connectivity index (χ4v) is 3.27. The highest BCUT2D eigenvalue weighted by atomic mass is 32.1. The Morgan fingerprint density at radius 2 is 2.15 bits per heavy atom. The lowest BCUT2D eigenvalue weighted by atomic mass is 10.2. The summed E-state index contributed by atoms with van der Waals surface area (Å²) < 4.78 is 7.90. The van der Waals surface area contributed by atoms with Gasteiger partial charge < -0.3 is 4.74 Å². The number of benzene rings is 1. The molecular formula is C17H14N6O3S. The SMILES string of the molecule is Cn1cc(-c2nc(COC(=O)Cn3nnc4ccccc4c3=O)cs2)cn1. The number of carbonyl (C=O) groups excluding carboxylic acids is 1. The first-order chi connectivity index (χ1) is 13.1. The molecule has 0 N–H and O–H groups in total. The van der Waals surface area contributed by atoms with Crippen LogP contribution in [0.5, 0.6) is 0 Å². The van der Waals surface area contributed by atoms with Gasteiger partial charge in [0.25, 0.3) is 5.56 Å². The molecule has 3 heterocycles. The van der Waals surface area contributed by atoms with E-state index in [1.54, 1.807) is 35.1 Å². The fourth-order valence-electron chi connectivity index (χ4n) is 2.49. The van der Waals surface area contributed by atoms with E-state index in [0.29, 0.717) is 16.6 Å². The van der Waals surface area contributed by atoms with Crippen LogP contribution in [0.1, 0.15) is 5.69 Å². The summed E-state index contributed by atoms with van der Waals surface area (Å²) in [7, 11) is 1.83. The number of carbonyl (C=O) groups is 1. The Kier molecular flexibility index (Phi) is 4.47. The average Bonchev–Trinajstić information content (AvgIpc) is 3.31. The molecular weight excluding hydrogens is 368 g/mol. The van der Waals surface area contributed by atoms with Gasteiger partial charge in [-0.15, -0.1) is 16.4 Å². The lowest BCUT2D eigenvalue weighted by Crippen LogP contribution is -2.28. The smallest absolute Gasteiger partial charge is 0.328 e. The van der Waals surface area contributed by atoms with Gasteiger partial charge in [-0.1, -0.05) is 17.3 Å². The summed E-state index contributed by atoms with van der Waals surface area (Å²) in [5.74, 6) is -0.586. The third-order valence-electron chi connectivity index (χ3n) is 3.79. The zero-order valence-corrected chi connectivity index (χ0v) is 15.1. The molecule has 0 saturated heterocycles. The third-order valence-corrected chi connectivity index (χ3v) is 4.73. The van der Waals surface area contributed by atoms with Crippen LogP contribution in [0, 0.1) is 0 Å². The van der Waals surface area contributed by atoms with E-state index < -0.39 is 5.97 Å². The van der Waals surface area contributed by atoms with E-state index >= 15 is 0 Å². The van der Waals surface area contributed by atoms with Crippen LogP contribution in [0.2, 0.25) is 0 Å². The molecule has 0 fully saturated rings. The number of aryl methyl sites for hydroxylation is 1. The minimum absolute atomic E-state index is 0.0192. The highest BCUT2D eigenvalue weighted by Crippen LogP contribution is 2.23. The third kappa shape index (κ3) is 3.60. The van der Waals surface area contributed by atoms with Crippen LogP contribution in [0.3, 0.4) is 0 Å². The highest BCUT2D eigenvalue weighted by Gasteiger charge is 2.12.